The lowest BCUT2D eigenvalue weighted by Crippen LogP contribution is -2.11. The predicted octanol–water partition coefficient (Wildman–Crippen LogP) is 7.55. The fourth-order valence-electron chi connectivity index (χ4n) is 3.58. The molecule has 7 N–H and O–H groups in total. The summed E-state index contributed by atoms with van der Waals surface area (Å²) in [4.78, 5) is 0. The number of ether oxygens (including phenoxy) is 4. The number of hydrogen-bond acceptors (Lipinski definition) is 10. The maximum Gasteiger partial charge on any atom is 0.230 e. The van der Waals surface area contributed by atoms with E-state index in [4.69, 9.17) is 62.1 Å². The molecule has 0 fully saturated rings. The number of halogens is 2. The standard InChI is InChI=1S/C15H16N4O2.C15H10N2O2.C7H5NO.I2/c16-14(17)10-1-5-12(6-2-10)20-9-21-13-7-3-11(4-8-13)15(18)19;16-9-12-1-5-14(6-2-12)18-11-19-15-7-3-13(10-17)4-8-15;8-5-6-1-3-7(9)4-2-6;1-2/h1-8H,9H2,(H3,16,17)(H3,18,19);1-8H,11H2;1-4,9H;. The Balaban J connectivity index is 0.000000276. The van der Waals surface area contributed by atoms with Crippen LogP contribution in [-0.2, 0) is 0 Å². The smallest absolute Gasteiger partial charge is 0.230 e. The second-order valence-electron chi connectivity index (χ2n) is 9.62. The van der Waals surface area contributed by atoms with Crippen LogP contribution in [0.3, 0.4) is 0 Å². The van der Waals surface area contributed by atoms with E-state index in [-0.39, 0.29) is 31.0 Å². The molecule has 0 aromatic heterocycles. The largest absolute Gasteiger partial charge is 0.508 e. The Labute approximate surface area is 318 Å². The van der Waals surface area contributed by atoms with Crippen LogP contribution >= 0.6 is 37.2 Å². The number of rotatable bonds is 10. The number of nitrogens with one attached hydrogen (secondary N) is 2. The van der Waals surface area contributed by atoms with E-state index >= 15 is 0 Å². The molecule has 0 bridgehead atoms. The van der Waals surface area contributed by atoms with Crippen LogP contribution < -0.4 is 30.4 Å². The zero-order chi connectivity index (χ0) is 37.4. The molecule has 5 aromatic rings. The van der Waals surface area contributed by atoms with Crippen LogP contribution in [0.25, 0.3) is 0 Å². The molecule has 12 nitrogen and oxygen atoms in total. The average Bonchev–Trinajstić information content (AvgIpc) is 3.17. The molecular formula is C37H31I2N7O5. The fraction of sp³-hybridized carbons (Fsp3) is 0.0541. The first-order valence-electron chi connectivity index (χ1n) is 14.4. The van der Waals surface area contributed by atoms with Gasteiger partial charge in [-0.3, -0.25) is 10.8 Å². The number of phenolic OH excluding ortho intramolecular Hbond substituents is 1. The minimum absolute atomic E-state index is 0.0170. The molecule has 0 saturated carbocycles. The number of benzene rings is 5. The Morgan fingerprint density at radius 1 is 0.490 bits per heavy atom. The Bertz CT molecular complexity index is 1820. The summed E-state index contributed by atoms with van der Waals surface area (Å²) in [6.45, 7) is 0.122. The first-order valence-corrected chi connectivity index (χ1v) is 20.7. The van der Waals surface area contributed by atoms with Gasteiger partial charge < -0.3 is 35.5 Å². The summed E-state index contributed by atoms with van der Waals surface area (Å²) in [7, 11) is 0. The summed E-state index contributed by atoms with van der Waals surface area (Å²) in [5, 5.41) is 48.9. The van der Waals surface area contributed by atoms with Crippen molar-refractivity contribution >= 4 is 48.9 Å². The zero-order valence-corrected chi connectivity index (χ0v) is 31.1. The van der Waals surface area contributed by atoms with E-state index in [0.717, 1.165) is 0 Å². The second kappa shape index (κ2) is 23.3. The molecule has 0 atom stereocenters. The van der Waals surface area contributed by atoms with E-state index in [1.807, 2.05) is 18.2 Å². The molecule has 0 aliphatic heterocycles. The van der Waals surface area contributed by atoms with Crippen molar-refractivity contribution in [3.63, 3.8) is 0 Å². The van der Waals surface area contributed by atoms with Crippen molar-refractivity contribution in [2.45, 2.75) is 0 Å². The summed E-state index contributed by atoms with van der Waals surface area (Å²) in [5.41, 5.74) is 13.7. The number of hydrogen-bond donors (Lipinski definition) is 5. The molecule has 0 radical (unpaired) electrons. The van der Waals surface area contributed by atoms with Crippen LogP contribution in [0.5, 0.6) is 28.7 Å². The lowest BCUT2D eigenvalue weighted by Gasteiger charge is -2.09. The van der Waals surface area contributed by atoms with Crippen molar-refractivity contribution in [2.75, 3.05) is 13.6 Å². The maximum absolute atomic E-state index is 8.74. The average molecular weight is 908 g/mol. The highest BCUT2D eigenvalue weighted by atomic mass is 128. The van der Waals surface area contributed by atoms with Crippen molar-refractivity contribution in [3.05, 3.63) is 149 Å². The van der Waals surface area contributed by atoms with Crippen molar-refractivity contribution in [2.24, 2.45) is 11.5 Å². The van der Waals surface area contributed by atoms with Crippen molar-refractivity contribution in [1.82, 2.24) is 0 Å². The number of nitriles is 3. The zero-order valence-electron chi connectivity index (χ0n) is 26.8. The maximum atomic E-state index is 8.74. The molecule has 14 heteroatoms. The lowest BCUT2D eigenvalue weighted by molar-refractivity contribution is 0.119. The van der Waals surface area contributed by atoms with Crippen LogP contribution in [-0.4, -0.2) is 30.4 Å². The third-order valence-corrected chi connectivity index (χ3v) is 6.20. The monoisotopic (exact) mass is 907 g/mol. The normalized spacial score (nSPS) is 9.08. The van der Waals surface area contributed by atoms with Gasteiger partial charge in [-0.2, -0.15) is 15.8 Å². The summed E-state index contributed by atoms with van der Waals surface area (Å²) < 4.78 is 21.6. The first kappa shape index (κ1) is 41.1. The van der Waals surface area contributed by atoms with Gasteiger partial charge in [0.1, 0.15) is 40.4 Å². The van der Waals surface area contributed by atoms with Gasteiger partial charge in [0, 0.05) is 48.4 Å². The predicted molar refractivity (Wildman–Crippen MR) is 210 cm³/mol. The molecular weight excluding hydrogens is 876 g/mol. The van der Waals surface area contributed by atoms with Gasteiger partial charge in [-0.15, -0.1) is 0 Å². The SMILES string of the molecule is II.N#Cc1ccc(O)cc1.N#Cc1ccc(OCOc2ccc(C#N)cc2)cc1.N=C(N)c1ccc(OCOc2ccc(C(=N)N)cc2)cc1. The minimum atomic E-state index is 0.0170. The molecule has 0 amide bonds. The van der Waals surface area contributed by atoms with Gasteiger partial charge in [0.25, 0.3) is 0 Å². The summed E-state index contributed by atoms with van der Waals surface area (Å²) in [6.07, 6.45) is 0. The molecule has 0 unspecified atom stereocenters. The van der Waals surface area contributed by atoms with Gasteiger partial charge >= 0.3 is 0 Å². The lowest BCUT2D eigenvalue weighted by atomic mass is 10.2. The van der Waals surface area contributed by atoms with Crippen molar-refractivity contribution in [3.8, 4) is 47.0 Å². The van der Waals surface area contributed by atoms with Gasteiger partial charge in [-0.1, -0.05) is 0 Å². The topological polar surface area (TPSA) is 228 Å². The Morgan fingerprint density at radius 2 is 0.725 bits per heavy atom. The van der Waals surface area contributed by atoms with E-state index in [1.54, 1.807) is 109 Å². The van der Waals surface area contributed by atoms with Gasteiger partial charge in [-0.25, -0.2) is 0 Å². The third-order valence-electron chi connectivity index (χ3n) is 6.20. The molecule has 51 heavy (non-hydrogen) atoms. The van der Waals surface area contributed by atoms with E-state index in [0.29, 0.717) is 50.8 Å². The molecule has 0 aliphatic rings. The third kappa shape index (κ3) is 15.8. The Hall–Kier alpha value is -6.03. The van der Waals surface area contributed by atoms with Gasteiger partial charge in [0.2, 0.25) is 13.6 Å². The van der Waals surface area contributed by atoms with Gasteiger partial charge in [-0.05, 0) is 121 Å². The molecule has 258 valence electrons. The van der Waals surface area contributed by atoms with E-state index in [2.05, 4.69) is 37.2 Å². The number of amidine groups is 2. The Morgan fingerprint density at radius 3 is 0.961 bits per heavy atom. The Kier molecular flexibility index (Phi) is 18.8. The van der Waals surface area contributed by atoms with Crippen molar-refractivity contribution < 1.29 is 24.1 Å². The van der Waals surface area contributed by atoms with E-state index in [9.17, 15) is 0 Å². The summed E-state index contributed by atoms with van der Waals surface area (Å²) in [6, 6.07) is 39.4. The summed E-state index contributed by atoms with van der Waals surface area (Å²) >= 11 is 4.24. The number of nitrogens with two attached hydrogens (primary N) is 2. The van der Waals surface area contributed by atoms with Crippen molar-refractivity contribution in [1.29, 1.82) is 26.6 Å². The van der Waals surface area contributed by atoms with Gasteiger partial charge in [0.15, 0.2) is 0 Å². The minimum Gasteiger partial charge on any atom is -0.508 e. The number of phenols is 1. The fourth-order valence-corrected chi connectivity index (χ4v) is 3.58. The van der Waals surface area contributed by atoms with Crippen LogP contribution in [0.4, 0.5) is 0 Å². The summed E-state index contributed by atoms with van der Waals surface area (Å²) in [5.74, 6) is 2.74. The highest BCUT2D eigenvalue weighted by molar-refractivity contribution is 15.0. The quantitative estimate of drug-likeness (QED) is 0.0400. The molecule has 0 saturated heterocycles. The highest BCUT2D eigenvalue weighted by Crippen LogP contribution is 2.16. The molecule has 0 aliphatic carbocycles. The first-order chi connectivity index (χ1) is 24.7. The second-order valence-corrected chi connectivity index (χ2v) is 9.62. The molecule has 0 heterocycles. The molecule has 0 spiro atoms. The van der Waals surface area contributed by atoms with Crippen LogP contribution in [0, 0.1) is 44.8 Å². The number of nitrogen functional groups attached to an aromatic ring is 2. The van der Waals surface area contributed by atoms with Crippen LogP contribution in [0.15, 0.2) is 121 Å². The van der Waals surface area contributed by atoms with E-state index < -0.39 is 0 Å². The van der Waals surface area contributed by atoms with Crippen LogP contribution in [0.1, 0.15) is 27.8 Å². The van der Waals surface area contributed by atoms with Gasteiger partial charge in [0.05, 0.1) is 34.9 Å². The van der Waals surface area contributed by atoms with E-state index in [1.165, 1.54) is 12.1 Å². The highest BCUT2D eigenvalue weighted by Gasteiger charge is 2.01. The molecule has 5 rings (SSSR count). The van der Waals surface area contributed by atoms with Crippen LogP contribution in [0.2, 0.25) is 0 Å². The molecule has 5 aromatic carbocycles. The number of aromatic hydroxyl groups is 1. The number of nitrogens with zero attached hydrogens (tertiary/aromatic N) is 3.